The first-order valence-electron chi connectivity index (χ1n) is 8.99. The molecule has 1 aromatic rings. The predicted octanol–water partition coefficient (Wildman–Crippen LogP) is 5.00. The molecule has 24 heavy (non-hydrogen) atoms. The van der Waals surface area contributed by atoms with Crippen LogP contribution >= 0.6 is 12.2 Å². The molecule has 130 valence electrons. The van der Waals surface area contributed by atoms with Crippen molar-refractivity contribution in [1.82, 2.24) is 9.80 Å². The Bertz CT molecular complexity index is 652. The summed E-state index contributed by atoms with van der Waals surface area (Å²) in [6.45, 7) is 14.5. The number of hydrogen-bond acceptors (Lipinski definition) is 3. The molecule has 1 aliphatic heterocycles. The van der Waals surface area contributed by atoms with Gasteiger partial charge < -0.3 is 4.90 Å². The van der Waals surface area contributed by atoms with E-state index in [1.54, 1.807) is 0 Å². The van der Waals surface area contributed by atoms with Crippen LogP contribution in [-0.4, -0.2) is 33.4 Å². The molecule has 0 saturated heterocycles. The lowest BCUT2D eigenvalue weighted by molar-refractivity contribution is 0.0628. The number of benzene rings is 1. The van der Waals surface area contributed by atoms with Crippen molar-refractivity contribution in [2.75, 3.05) is 13.2 Å². The summed E-state index contributed by atoms with van der Waals surface area (Å²) in [6, 6.07) is 10.8. The summed E-state index contributed by atoms with van der Waals surface area (Å²) in [5.74, 6) is 0. The lowest BCUT2D eigenvalue weighted by Crippen LogP contribution is -2.54. The van der Waals surface area contributed by atoms with Gasteiger partial charge in [-0.25, -0.2) is 0 Å². The van der Waals surface area contributed by atoms with E-state index < -0.39 is 0 Å². The van der Waals surface area contributed by atoms with Crippen LogP contribution in [0.1, 0.15) is 53.0 Å². The zero-order valence-corrected chi connectivity index (χ0v) is 16.5. The molecule has 0 radical (unpaired) electrons. The van der Waals surface area contributed by atoms with Gasteiger partial charge >= 0.3 is 0 Å². The van der Waals surface area contributed by atoms with E-state index in [0.29, 0.717) is 0 Å². The van der Waals surface area contributed by atoms with Gasteiger partial charge in [0.25, 0.3) is 0 Å². The Labute approximate surface area is 152 Å². The molecular weight excluding hydrogens is 312 g/mol. The van der Waals surface area contributed by atoms with Crippen LogP contribution in [0.3, 0.4) is 0 Å². The van der Waals surface area contributed by atoms with E-state index in [4.69, 9.17) is 12.2 Å². The van der Waals surface area contributed by atoms with Crippen LogP contribution in [0.15, 0.2) is 41.6 Å². The normalized spacial score (nSPS) is 21.9. The smallest absolute Gasteiger partial charge is 0.0718 e. The number of rotatable bonds is 2. The molecular formula is C21H30N2S. The van der Waals surface area contributed by atoms with E-state index >= 15 is 0 Å². The Morgan fingerprint density at radius 3 is 2.42 bits per heavy atom. The highest BCUT2D eigenvalue weighted by Gasteiger charge is 2.40. The van der Waals surface area contributed by atoms with Crippen molar-refractivity contribution >= 4 is 17.1 Å². The van der Waals surface area contributed by atoms with E-state index in [0.717, 1.165) is 24.6 Å². The van der Waals surface area contributed by atoms with E-state index in [2.05, 4.69) is 74.8 Å². The first-order valence-corrected chi connectivity index (χ1v) is 9.40. The molecule has 0 spiro atoms. The summed E-state index contributed by atoms with van der Waals surface area (Å²) in [4.78, 5) is 6.26. The van der Waals surface area contributed by atoms with Crippen molar-refractivity contribution in [1.29, 1.82) is 0 Å². The molecule has 0 fully saturated rings. The molecule has 3 heteroatoms. The molecule has 1 aromatic carbocycles. The molecule has 2 aliphatic rings. The van der Waals surface area contributed by atoms with Crippen molar-refractivity contribution in [3.8, 4) is 0 Å². The summed E-state index contributed by atoms with van der Waals surface area (Å²) in [7, 11) is 0. The number of allylic oxidation sites excluding steroid dienone is 1. The molecule has 0 aromatic heterocycles. The first-order chi connectivity index (χ1) is 11.2. The fourth-order valence-corrected chi connectivity index (χ4v) is 4.01. The van der Waals surface area contributed by atoms with Gasteiger partial charge in [0.15, 0.2) is 0 Å². The summed E-state index contributed by atoms with van der Waals surface area (Å²) in [6.07, 6.45) is 2.34. The molecule has 0 atom stereocenters. The van der Waals surface area contributed by atoms with Gasteiger partial charge in [-0.2, -0.15) is 0 Å². The SMILES string of the molecule is CC1(C)CCC2=C(C1=S)N(Cc1ccccc1)CN(C(C)(C)C)C2. The Kier molecular flexibility index (Phi) is 4.61. The van der Waals surface area contributed by atoms with Crippen LogP contribution in [0, 0.1) is 5.41 Å². The van der Waals surface area contributed by atoms with Crippen LogP contribution in [0.2, 0.25) is 0 Å². The third kappa shape index (κ3) is 3.43. The van der Waals surface area contributed by atoms with Gasteiger partial charge in [0.2, 0.25) is 0 Å². The quantitative estimate of drug-likeness (QED) is 0.698. The molecule has 1 heterocycles. The predicted molar refractivity (Wildman–Crippen MR) is 106 cm³/mol. The molecule has 3 rings (SSSR count). The summed E-state index contributed by atoms with van der Waals surface area (Å²) in [5, 5.41) is 0. The number of hydrogen-bond donors (Lipinski definition) is 0. The maximum absolute atomic E-state index is 5.95. The van der Waals surface area contributed by atoms with Gasteiger partial charge in [-0.05, 0) is 44.7 Å². The number of thiocarbonyl (C=S) groups is 1. The average molecular weight is 343 g/mol. The van der Waals surface area contributed by atoms with Crippen molar-refractivity contribution in [2.45, 2.75) is 59.5 Å². The summed E-state index contributed by atoms with van der Waals surface area (Å²) in [5.41, 5.74) is 4.56. The zero-order chi connectivity index (χ0) is 17.5. The van der Waals surface area contributed by atoms with E-state index in [9.17, 15) is 0 Å². The molecule has 0 bridgehead atoms. The summed E-state index contributed by atoms with van der Waals surface area (Å²) >= 11 is 5.95. The zero-order valence-electron chi connectivity index (χ0n) is 15.7. The van der Waals surface area contributed by atoms with Crippen molar-refractivity contribution in [2.24, 2.45) is 5.41 Å². The first kappa shape index (κ1) is 17.6. The monoisotopic (exact) mass is 342 g/mol. The maximum atomic E-state index is 5.95. The molecule has 0 N–H and O–H groups in total. The molecule has 2 nitrogen and oxygen atoms in total. The Hall–Kier alpha value is -1.19. The van der Waals surface area contributed by atoms with Crippen molar-refractivity contribution in [3.63, 3.8) is 0 Å². The average Bonchev–Trinajstić information content (AvgIpc) is 2.51. The minimum absolute atomic E-state index is 0.132. The third-order valence-corrected chi connectivity index (χ3v) is 6.17. The van der Waals surface area contributed by atoms with Crippen LogP contribution < -0.4 is 0 Å². The molecule has 0 unspecified atom stereocenters. The van der Waals surface area contributed by atoms with Gasteiger partial charge in [0.05, 0.1) is 12.4 Å². The Morgan fingerprint density at radius 2 is 1.79 bits per heavy atom. The van der Waals surface area contributed by atoms with Gasteiger partial charge in [0, 0.05) is 28.9 Å². The second-order valence-electron chi connectivity index (χ2n) is 8.86. The fraction of sp³-hybridized carbons (Fsp3) is 0.571. The highest BCUT2D eigenvalue weighted by molar-refractivity contribution is 7.81. The van der Waals surface area contributed by atoms with Crippen molar-refractivity contribution < 1.29 is 0 Å². The number of nitrogens with zero attached hydrogens (tertiary/aromatic N) is 2. The minimum atomic E-state index is 0.132. The second kappa shape index (κ2) is 6.27. The third-order valence-electron chi connectivity index (χ3n) is 5.42. The van der Waals surface area contributed by atoms with Gasteiger partial charge in [0.1, 0.15) is 0 Å². The Morgan fingerprint density at radius 1 is 1.12 bits per heavy atom. The van der Waals surface area contributed by atoms with E-state index in [1.807, 2.05) is 0 Å². The standard InChI is InChI=1S/C21H30N2S/c1-20(2,3)23-14-17-11-12-21(4,5)19(24)18(17)22(15-23)13-16-9-7-6-8-10-16/h6-10H,11-15H2,1-5H3. The summed E-state index contributed by atoms with van der Waals surface area (Å²) < 4.78 is 0. The van der Waals surface area contributed by atoms with E-state index in [1.165, 1.54) is 29.7 Å². The lowest BCUT2D eigenvalue weighted by Gasteiger charge is -2.49. The lowest BCUT2D eigenvalue weighted by atomic mass is 9.75. The van der Waals surface area contributed by atoms with Crippen LogP contribution in [0.5, 0.6) is 0 Å². The highest BCUT2D eigenvalue weighted by atomic mass is 32.1. The topological polar surface area (TPSA) is 6.48 Å². The van der Waals surface area contributed by atoms with Gasteiger partial charge in [-0.3, -0.25) is 4.90 Å². The fourth-order valence-electron chi connectivity index (χ4n) is 3.64. The minimum Gasteiger partial charge on any atom is -0.353 e. The van der Waals surface area contributed by atoms with Gasteiger partial charge in [-0.15, -0.1) is 0 Å². The highest BCUT2D eigenvalue weighted by Crippen LogP contribution is 2.41. The van der Waals surface area contributed by atoms with Crippen LogP contribution in [0.25, 0.3) is 0 Å². The van der Waals surface area contributed by atoms with Gasteiger partial charge in [-0.1, -0.05) is 56.4 Å². The van der Waals surface area contributed by atoms with Crippen LogP contribution in [0.4, 0.5) is 0 Å². The van der Waals surface area contributed by atoms with E-state index in [-0.39, 0.29) is 11.0 Å². The molecule has 1 aliphatic carbocycles. The molecule has 0 amide bonds. The Balaban J connectivity index is 1.97. The van der Waals surface area contributed by atoms with Crippen molar-refractivity contribution in [3.05, 3.63) is 47.2 Å². The largest absolute Gasteiger partial charge is 0.353 e. The maximum Gasteiger partial charge on any atom is 0.0718 e. The second-order valence-corrected chi connectivity index (χ2v) is 9.27. The van der Waals surface area contributed by atoms with Crippen LogP contribution in [-0.2, 0) is 6.54 Å². The molecule has 0 saturated carbocycles.